The fourth-order valence-electron chi connectivity index (χ4n) is 10.6. The molecule has 5 fully saturated rings. The van der Waals surface area contributed by atoms with E-state index in [9.17, 15) is 33.6 Å². The first-order valence-electron chi connectivity index (χ1n) is 25.6. The molecule has 392 valence electrons. The van der Waals surface area contributed by atoms with Gasteiger partial charge in [0, 0.05) is 89.1 Å². The molecule has 5 aliphatic heterocycles. The summed E-state index contributed by atoms with van der Waals surface area (Å²) in [6, 6.07) is 14.4. The molecule has 2 aromatic carbocycles. The normalized spacial score (nSPS) is 20.7. The predicted octanol–water partition coefficient (Wildman–Crippen LogP) is 3.22. The number of fused-ring (bicyclic) bond motifs is 1. The fraction of sp³-hybridized carbons (Fsp3) is 0.519. The number of anilines is 3. The van der Waals surface area contributed by atoms with Crippen LogP contribution in [-0.4, -0.2) is 152 Å². The Morgan fingerprint density at radius 1 is 0.878 bits per heavy atom. The highest BCUT2D eigenvalue weighted by Gasteiger charge is 2.45. The number of imide groups is 1. The average Bonchev–Trinajstić information content (AvgIpc) is 3.78. The van der Waals surface area contributed by atoms with Crippen molar-refractivity contribution in [3.8, 4) is 11.5 Å². The number of amides is 5. The number of aromatic nitrogens is 4. The molecule has 4 aromatic rings. The number of carbonyl (C=O) groups excluding carboxylic acids is 5. The largest absolute Gasteiger partial charge is 0.611 e. The summed E-state index contributed by atoms with van der Waals surface area (Å²) < 4.78 is 29.8. The Morgan fingerprint density at radius 2 is 1.59 bits per heavy atom. The number of aryl methyl sites for hydroxylation is 1. The van der Waals surface area contributed by atoms with Crippen LogP contribution < -0.4 is 35.2 Å². The van der Waals surface area contributed by atoms with Crippen molar-refractivity contribution in [3.63, 3.8) is 0 Å². The maximum atomic E-state index is 13.3. The zero-order chi connectivity index (χ0) is 51.4. The first-order valence-corrected chi connectivity index (χ1v) is 26.9. The summed E-state index contributed by atoms with van der Waals surface area (Å²) in [6.07, 6.45) is 9.74. The number of benzene rings is 2. The second kappa shape index (κ2) is 22.1. The van der Waals surface area contributed by atoms with Crippen molar-refractivity contribution in [2.75, 3.05) is 87.0 Å². The standard InChI is InChI=1S/C52H63N11O10S/c1-71-48(68)52(58-43(66)25-36-29-62(30-36)44(67)32-73-39-9-7-38(8-10-39)63-21-13-42(65)56-50(63)69)17-22-60(23-18-52)28-34-3-5-35(6-4-34)31-72-40-26-53-46(54-27-40)37-11-19-61(20-12-37)49-55-41-14-24-74(70)45(41)47(57-49)59-51(33-64)15-2-16-51/h3-10,26-27,36-37,64H,2,11-25,28-33H2,1H3,(H,58,66)(H,55,57,59)(H,56,65,69)/t74-/m1/s1. The summed E-state index contributed by atoms with van der Waals surface area (Å²) in [5.74, 6) is 2.50. The molecule has 1 atom stereocenters. The Balaban J connectivity index is 0.629. The van der Waals surface area contributed by atoms with Crippen LogP contribution in [0, 0.1) is 5.92 Å². The van der Waals surface area contributed by atoms with Crippen LogP contribution in [0.25, 0.3) is 0 Å². The first-order chi connectivity index (χ1) is 35.9. The molecule has 4 saturated heterocycles. The highest BCUT2D eigenvalue weighted by Crippen LogP contribution is 2.40. The number of rotatable bonds is 18. The lowest BCUT2D eigenvalue weighted by atomic mass is 9.77. The topological polar surface area (TPSA) is 257 Å². The molecular formula is C52H63N11O10S. The van der Waals surface area contributed by atoms with Gasteiger partial charge in [-0.2, -0.15) is 4.98 Å². The van der Waals surface area contributed by atoms with Crippen LogP contribution in [0.15, 0.2) is 65.8 Å². The van der Waals surface area contributed by atoms with Gasteiger partial charge in [-0.15, -0.1) is 0 Å². The third-order valence-corrected chi connectivity index (χ3v) is 16.8. The second-order valence-corrected chi connectivity index (χ2v) is 21.8. The van der Waals surface area contributed by atoms with Gasteiger partial charge in [0.15, 0.2) is 18.2 Å². The summed E-state index contributed by atoms with van der Waals surface area (Å²) in [5.41, 5.74) is 2.01. The Hall–Kier alpha value is -6.62. The molecule has 74 heavy (non-hydrogen) atoms. The van der Waals surface area contributed by atoms with Crippen molar-refractivity contribution in [2.24, 2.45) is 5.92 Å². The van der Waals surface area contributed by atoms with Crippen molar-refractivity contribution in [2.45, 2.75) is 99.3 Å². The minimum atomic E-state index is -1.15. The number of carbonyl (C=O) groups is 5. The van der Waals surface area contributed by atoms with Gasteiger partial charge in [-0.1, -0.05) is 24.3 Å². The number of hydrogen-bond acceptors (Lipinski definition) is 17. The van der Waals surface area contributed by atoms with Gasteiger partial charge in [0.25, 0.3) is 5.91 Å². The number of aliphatic hydroxyl groups is 1. The molecule has 6 aliphatic rings. The number of likely N-dealkylation sites (tertiary alicyclic amines) is 2. The number of nitrogens with zero attached hydrogens (tertiary/aromatic N) is 8. The lowest BCUT2D eigenvalue weighted by molar-refractivity contribution is -0.154. The second-order valence-electron chi connectivity index (χ2n) is 20.3. The van der Waals surface area contributed by atoms with Gasteiger partial charge in [0.2, 0.25) is 22.7 Å². The smallest absolute Gasteiger partial charge is 0.331 e. The van der Waals surface area contributed by atoms with Crippen molar-refractivity contribution in [1.29, 1.82) is 0 Å². The monoisotopic (exact) mass is 1030 g/mol. The van der Waals surface area contributed by atoms with E-state index in [1.807, 2.05) is 12.1 Å². The number of nitrogens with one attached hydrogen (secondary N) is 3. The van der Waals surface area contributed by atoms with Crippen LogP contribution in [0.3, 0.4) is 0 Å². The third-order valence-electron chi connectivity index (χ3n) is 15.3. The van der Waals surface area contributed by atoms with E-state index in [4.69, 9.17) is 24.2 Å². The molecule has 10 rings (SSSR count). The van der Waals surface area contributed by atoms with Crippen LogP contribution in [0.5, 0.6) is 11.5 Å². The molecule has 22 heteroatoms. The molecule has 21 nitrogen and oxygen atoms in total. The molecule has 1 aliphatic carbocycles. The van der Waals surface area contributed by atoms with Crippen LogP contribution >= 0.6 is 0 Å². The van der Waals surface area contributed by atoms with Crippen molar-refractivity contribution in [3.05, 3.63) is 83.6 Å². The Bertz CT molecular complexity index is 2690. The molecule has 4 N–H and O–H groups in total. The van der Waals surface area contributed by atoms with Crippen LogP contribution in [0.2, 0.25) is 0 Å². The van der Waals surface area contributed by atoms with Crippen molar-refractivity contribution >= 4 is 58.4 Å². The van der Waals surface area contributed by atoms with Crippen molar-refractivity contribution < 1.29 is 47.8 Å². The zero-order valence-corrected chi connectivity index (χ0v) is 42.4. The van der Waals surface area contributed by atoms with E-state index >= 15 is 0 Å². The van der Waals surface area contributed by atoms with Gasteiger partial charge in [0.1, 0.15) is 35.2 Å². The van der Waals surface area contributed by atoms with Gasteiger partial charge < -0.3 is 44.3 Å². The molecule has 5 amide bonds. The molecule has 0 bridgehead atoms. The Morgan fingerprint density at radius 3 is 2.26 bits per heavy atom. The number of esters is 1. The molecule has 7 heterocycles. The third kappa shape index (κ3) is 11.4. The number of ether oxygens (including phenoxy) is 3. The van der Waals surface area contributed by atoms with Crippen LogP contribution in [0.1, 0.15) is 86.4 Å². The number of methoxy groups -OCH3 is 1. The van der Waals surface area contributed by atoms with E-state index < -0.39 is 34.3 Å². The number of urea groups is 1. The highest BCUT2D eigenvalue weighted by atomic mass is 32.2. The quantitative estimate of drug-likeness (QED) is 0.0824. The fourth-order valence-corrected chi connectivity index (χ4v) is 11.9. The number of hydrogen-bond donors (Lipinski definition) is 4. The molecule has 0 unspecified atom stereocenters. The number of aliphatic hydroxyl groups excluding tert-OH is 1. The average molecular weight is 1030 g/mol. The van der Waals surface area contributed by atoms with E-state index in [0.29, 0.717) is 98.2 Å². The minimum Gasteiger partial charge on any atom is -0.611 e. The summed E-state index contributed by atoms with van der Waals surface area (Å²) in [4.78, 5) is 90.2. The lowest BCUT2D eigenvalue weighted by Gasteiger charge is -2.42. The van der Waals surface area contributed by atoms with E-state index in [1.165, 1.54) is 12.0 Å². The van der Waals surface area contributed by atoms with Gasteiger partial charge in [-0.25, -0.2) is 24.5 Å². The van der Waals surface area contributed by atoms with E-state index in [2.05, 4.69) is 47.9 Å². The SMILES string of the molecule is COC(=O)C1(NC(=O)CC2CN(C(=O)COc3ccc(N4CCC(=O)NC4=O)cc3)C2)CCN(Cc2ccc(COc3cnc(C4CCN(c5nc6c(c(NC7(CO)CCC7)n5)[S@+]([O-])CC6)CC4)nc3)cc2)CC1. The predicted molar refractivity (Wildman–Crippen MR) is 271 cm³/mol. The molecule has 2 aromatic heterocycles. The zero-order valence-electron chi connectivity index (χ0n) is 41.6. The molecule has 0 spiro atoms. The molecule has 1 saturated carbocycles. The van der Waals surface area contributed by atoms with Gasteiger partial charge >= 0.3 is 12.0 Å². The Labute approximate surface area is 432 Å². The van der Waals surface area contributed by atoms with E-state index in [0.717, 1.165) is 67.8 Å². The summed E-state index contributed by atoms with van der Waals surface area (Å²) >= 11 is -1.15. The maximum Gasteiger partial charge on any atom is 0.331 e. The minimum absolute atomic E-state index is 0.0147. The van der Waals surface area contributed by atoms with E-state index in [1.54, 1.807) is 41.6 Å². The van der Waals surface area contributed by atoms with Crippen molar-refractivity contribution in [1.82, 2.24) is 40.4 Å². The lowest BCUT2D eigenvalue weighted by Crippen LogP contribution is -2.61. The van der Waals surface area contributed by atoms with Crippen LogP contribution in [-0.2, 0) is 54.7 Å². The summed E-state index contributed by atoms with van der Waals surface area (Å²) in [6.45, 7) is 4.59. The van der Waals surface area contributed by atoms with Gasteiger partial charge in [0.05, 0.1) is 31.6 Å². The van der Waals surface area contributed by atoms with Gasteiger partial charge in [-0.3, -0.25) is 29.5 Å². The number of piperidine rings is 2. The molecule has 0 radical (unpaired) electrons. The van der Waals surface area contributed by atoms with Crippen LogP contribution in [0.4, 0.5) is 22.2 Å². The van der Waals surface area contributed by atoms with E-state index in [-0.39, 0.29) is 62.2 Å². The maximum absolute atomic E-state index is 13.3. The summed E-state index contributed by atoms with van der Waals surface area (Å²) in [5, 5.41) is 18.9. The Kier molecular flexibility index (Phi) is 15.2. The highest BCUT2D eigenvalue weighted by molar-refractivity contribution is 7.91. The van der Waals surface area contributed by atoms with Gasteiger partial charge in [-0.05, 0) is 91.5 Å². The first kappa shape index (κ1) is 50.9. The summed E-state index contributed by atoms with van der Waals surface area (Å²) in [7, 11) is 1.33. The molecular weight excluding hydrogens is 971 g/mol.